The molecule has 2 rings (SSSR count). The second-order valence-electron chi connectivity index (χ2n) is 2.80. The summed E-state index contributed by atoms with van der Waals surface area (Å²) in [5.74, 6) is 0.881. The van der Waals surface area contributed by atoms with Gasteiger partial charge in [0.05, 0.1) is 6.54 Å². The summed E-state index contributed by atoms with van der Waals surface area (Å²) in [7, 11) is 0. The number of benzene rings is 1. The van der Waals surface area contributed by atoms with Crippen LogP contribution in [0.1, 0.15) is 5.89 Å². The number of para-hydroxylation sites is 1. The molecule has 1 heterocycles. The first-order valence-electron chi connectivity index (χ1n) is 4.19. The number of hydrogen-bond acceptors (Lipinski definition) is 5. The Morgan fingerprint density at radius 1 is 1.29 bits per heavy atom. The summed E-state index contributed by atoms with van der Waals surface area (Å²) in [5.41, 5.74) is 12.5. The maximum Gasteiger partial charge on any atom is 0.240 e. The Kier molecular flexibility index (Phi) is 2.16. The first-order valence-corrected chi connectivity index (χ1v) is 4.19. The smallest absolute Gasteiger partial charge is 0.240 e. The van der Waals surface area contributed by atoms with Crippen LogP contribution in [0.4, 0.5) is 5.69 Å². The normalized spacial score (nSPS) is 10.4. The number of nitrogen functional groups attached to an aromatic ring is 1. The monoisotopic (exact) mass is 190 g/mol. The van der Waals surface area contributed by atoms with E-state index in [1.807, 2.05) is 18.2 Å². The van der Waals surface area contributed by atoms with Crippen LogP contribution in [0.2, 0.25) is 0 Å². The summed E-state index contributed by atoms with van der Waals surface area (Å²) in [6.07, 6.45) is 0. The van der Waals surface area contributed by atoms with Crippen molar-refractivity contribution in [2.24, 2.45) is 5.73 Å². The van der Waals surface area contributed by atoms with Gasteiger partial charge in [-0.15, -0.1) is 0 Å². The SMILES string of the molecule is NCc1nc(-c2ccccc2N)no1. The summed E-state index contributed by atoms with van der Waals surface area (Å²) < 4.78 is 4.88. The molecule has 5 nitrogen and oxygen atoms in total. The predicted molar refractivity (Wildman–Crippen MR) is 52.0 cm³/mol. The van der Waals surface area contributed by atoms with Crippen LogP contribution < -0.4 is 11.5 Å². The number of rotatable bonds is 2. The maximum atomic E-state index is 5.75. The van der Waals surface area contributed by atoms with Crippen molar-refractivity contribution < 1.29 is 4.52 Å². The fraction of sp³-hybridized carbons (Fsp3) is 0.111. The second-order valence-corrected chi connectivity index (χ2v) is 2.80. The van der Waals surface area contributed by atoms with E-state index in [4.69, 9.17) is 16.0 Å². The van der Waals surface area contributed by atoms with Gasteiger partial charge in [-0.2, -0.15) is 4.98 Å². The van der Waals surface area contributed by atoms with Crippen LogP contribution in [0, 0.1) is 0 Å². The Bertz CT molecular complexity index is 438. The lowest BCUT2D eigenvalue weighted by Crippen LogP contribution is -1.96. The molecule has 2 aromatic rings. The molecule has 0 saturated carbocycles. The topological polar surface area (TPSA) is 91.0 Å². The van der Waals surface area contributed by atoms with E-state index in [9.17, 15) is 0 Å². The molecule has 0 aliphatic carbocycles. The highest BCUT2D eigenvalue weighted by atomic mass is 16.5. The largest absolute Gasteiger partial charge is 0.398 e. The van der Waals surface area contributed by atoms with Gasteiger partial charge in [-0.25, -0.2) is 0 Å². The van der Waals surface area contributed by atoms with E-state index in [-0.39, 0.29) is 6.54 Å². The van der Waals surface area contributed by atoms with Gasteiger partial charge >= 0.3 is 0 Å². The number of anilines is 1. The van der Waals surface area contributed by atoms with Crippen LogP contribution >= 0.6 is 0 Å². The van der Waals surface area contributed by atoms with Crippen molar-refractivity contribution >= 4 is 5.69 Å². The third-order valence-electron chi connectivity index (χ3n) is 1.84. The zero-order valence-electron chi connectivity index (χ0n) is 7.47. The zero-order chi connectivity index (χ0) is 9.97. The van der Waals surface area contributed by atoms with Crippen molar-refractivity contribution in [1.82, 2.24) is 10.1 Å². The molecule has 5 heteroatoms. The number of aromatic nitrogens is 2. The molecule has 0 aliphatic rings. The van der Waals surface area contributed by atoms with Gasteiger partial charge in [0.25, 0.3) is 0 Å². The average Bonchev–Trinajstić information content (AvgIpc) is 2.67. The number of nitrogens with two attached hydrogens (primary N) is 2. The van der Waals surface area contributed by atoms with Gasteiger partial charge in [-0.1, -0.05) is 17.3 Å². The molecule has 4 N–H and O–H groups in total. The molecule has 14 heavy (non-hydrogen) atoms. The lowest BCUT2D eigenvalue weighted by atomic mass is 10.2. The first-order chi connectivity index (χ1) is 6.81. The van der Waals surface area contributed by atoms with Gasteiger partial charge in [0.15, 0.2) is 0 Å². The van der Waals surface area contributed by atoms with E-state index in [1.54, 1.807) is 6.07 Å². The summed E-state index contributed by atoms with van der Waals surface area (Å²) in [6.45, 7) is 0.236. The second kappa shape index (κ2) is 3.47. The van der Waals surface area contributed by atoms with E-state index >= 15 is 0 Å². The van der Waals surface area contributed by atoms with E-state index in [0.29, 0.717) is 17.4 Å². The third kappa shape index (κ3) is 1.45. The van der Waals surface area contributed by atoms with Gasteiger partial charge in [0.1, 0.15) is 0 Å². The van der Waals surface area contributed by atoms with Gasteiger partial charge in [0, 0.05) is 11.3 Å². The van der Waals surface area contributed by atoms with Gasteiger partial charge in [-0.3, -0.25) is 0 Å². The molecule has 0 bridgehead atoms. The molecule has 0 spiro atoms. The standard InChI is InChI=1S/C9H10N4O/c10-5-8-12-9(13-14-8)6-3-1-2-4-7(6)11/h1-4H,5,10-11H2. The molecule has 0 saturated heterocycles. The molecule has 0 amide bonds. The van der Waals surface area contributed by atoms with Crippen molar-refractivity contribution in [3.63, 3.8) is 0 Å². The maximum absolute atomic E-state index is 5.75. The first kappa shape index (κ1) is 8.71. The van der Waals surface area contributed by atoms with E-state index in [2.05, 4.69) is 10.1 Å². The summed E-state index contributed by atoms with van der Waals surface area (Å²) in [5, 5.41) is 3.77. The molecule has 72 valence electrons. The molecule has 1 aromatic heterocycles. The Hall–Kier alpha value is -1.88. The van der Waals surface area contributed by atoms with Crippen LogP contribution in [0.3, 0.4) is 0 Å². The van der Waals surface area contributed by atoms with Crippen molar-refractivity contribution in [2.45, 2.75) is 6.54 Å². The molecular weight excluding hydrogens is 180 g/mol. The molecule has 0 aliphatic heterocycles. The van der Waals surface area contributed by atoms with Crippen LogP contribution in [0.5, 0.6) is 0 Å². The van der Waals surface area contributed by atoms with E-state index in [0.717, 1.165) is 5.56 Å². The van der Waals surface area contributed by atoms with E-state index < -0.39 is 0 Å². The minimum absolute atomic E-state index is 0.236. The van der Waals surface area contributed by atoms with Crippen molar-refractivity contribution in [3.05, 3.63) is 30.2 Å². The van der Waals surface area contributed by atoms with Crippen LogP contribution in [0.15, 0.2) is 28.8 Å². The Morgan fingerprint density at radius 3 is 2.71 bits per heavy atom. The fourth-order valence-electron chi connectivity index (χ4n) is 1.15. The molecule has 0 radical (unpaired) electrons. The average molecular weight is 190 g/mol. The Balaban J connectivity index is 2.44. The highest BCUT2D eigenvalue weighted by Gasteiger charge is 2.08. The summed E-state index contributed by atoms with van der Waals surface area (Å²) >= 11 is 0. The molecule has 0 unspecified atom stereocenters. The summed E-state index contributed by atoms with van der Waals surface area (Å²) in [4.78, 5) is 4.08. The van der Waals surface area contributed by atoms with Crippen LogP contribution in [-0.4, -0.2) is 10.1 Å². The Labute approximate surface area is 80.7 Å². The number of nitrogens with zero attached hydrogens (tertiary/aromatic N) is 2. The minimum atomic E-state index is 0.236. The van der Waals surface area contributed by atoms with Gasteiger partial charge in [-0.05, 0) is 12.1 Å². The Morgan fingerprint density at radius 2 is 2.07 bits per heavy atom. The van der Waals surface area contributed by atoms with Crippen molar-refractivity contribution in [3.8, 4) is 11.4 Å². The van der Waals surface area contributed by atoms with E-state index in [1.165, 1.54) is 0 Å². The third-order valence-corrected chi connectivity index (χ3v) is 1.84. The lowest BCUT2D eigenvalue weighted by molar-refractivity contribution is 0.380. The van der Waals surface area contributed by atoms with Gasteiger partial charge < -0.3 is 16.0 Å². The number of hydrogen-bond donors (Lipinski definition) is 2. The van der Waals surface area contributed by atoms with Crippen molar-refractivity contribution in [2.75, 3.05) is 5.73 Å². The molecule has 0 fully saturated rings. The predicted octanol–water partition coefficient (Wildman–Crippen LogP) is 0.778. The molecule has 0 atom stereocenters. The zero-order valence-corrected chi connectivity index (χ0v) is 7.47. The molecular formula is C9H10N4O. The van der Waals surface area contributed by atoms with Crippen LogP contribution in [-0.2, 0) is 6.54 Å². The highest BCUT2D eigenvalue weighted by molar-refractivity contribution is 5.70. The lowest BCUT2D eigenvalue weighted by Gasteiger charge is -1.97. The highest BCUT2D eigenvalue weighted by Crippen LogP contribution is 2.21. The van der Waals surface area contributed by atoms with Crippen LogP contribution in [0.25, 0.3) is 11.4 Å². The quantitative estimate of drug-likeness (QED) is 0.683. The van der Waals surface area contributed by atoms with Crippen molar-refractivity contribution in [1.29, 1.82) is 0 Å². The summed E-state index contributed by atoms with van der Waals surface area (Å²) in [6, 6.07) is 7.33. The van der Waals surface area contributed by atoms with Gasteiger partial charge in [0.2, 0.25) is 11.7 Å². The minimum Gasteiger partial charge on any atom is -0.398 e. The fourth-order valence-corrected chi connectivity index (χ4v) is 1.15. The molecule has 1 aromatic carbocycles.